The fourth-order valence-corrected chi connectivity index (χ4v) is 1.75. The first-order valence-electron chi connectivity index (χ1n) is 4.02. The van der Waals surface area contributed by atoms with Crippen molar-refractivity contribution in [2.75, 3.05) is 0 Å². The van der Waals surface area contributed by atoms with E-state index in [0.29, 0.717) is 10.2 Å². The molecular weight excluding hydrogens is 216 g/mol. The fourth-order valence-electron chi connectivity index (χ4n) is 1.09. The molecule has 0 bridgehead atoms. The van der Waals surface area contributed by atoms with E-state index in [1.165, 1.54) is 11.5 Å². The molecule has 14 heavy (non-hydrogen) atoms. The third kappa shape index (κ3) is 1.95. The molecule has 1 N–H and O–H groups in total. The van der Waals surface area contributed by atoms with Crippen molar-refractivity contribution in [2.24, 2.45) is 0 Å². The fraction of sp³-hybridized carbons (Fsp3) is 0.111. The van der Waals surface area contributed by atoms with Gasteiger partial charge in [0.25, 0.3) is 0 Å². The van der Waals surface area contributed by atoms with Gasteiger partial charge in [0, 0.05) is 5.56 Å². The second-order valence-electron chi connectivity index (χ2n) is 2.76. The zero-order valence-electron chi connectivity index (χ0n) is 7.21. The lowest BCUT2D eigenvalue weighted by Crippen LogP contribution is -1.84. The molecule has 72 valence electrons. The van der Waals surface area contributed by atoms with Crippen LogP contribution in [-0.4, -0.2) is 14.5 Å². The lowest BCUT2D eigenvalue weighted by Gasteiger charge is -1.97. The summed E-state index contributed by atoms with van der Waals surface area (Å²) in [6.45, 7) is 0.0581. The van der Waals surface area contributed by atoms with E-state index in [2.05, 4.69) is 22.0 Å². The predicted molar refractivity (Wildman–Crippen MR) is 58.5 cm³/mol. The Morgan fingerprint density at radius 3 is 2.50 bits per heavy atom. The topological polar surface area (TPSA) is 46.0 Å². The van der Waals surface area contributed by atoms with Crippen molar-refractivity contribution in [3.8, 4) is 11.4 Å². The van der Waals surface area contributed by atoms with E-state index in [1.807, 2.05) is 24.3 Å². The van der Waals surface area contributed by atoms with Crippen molar-refractivity contribution < 1.29 is 5.11 Å². The van der Waals surface area contributed by atoms with Crippen LogP contribution < -0.4 is 0 Å². The first-order chi connectivity index (χ1) is 6.79. The van der Waals surface area contributed by atoms with E-state index in [1.54, 1.807) is 0 Å². The molecule has 1 aromatic heterocycles. The Hall–Kier alpha value is -0.910. The summed E-state index contributed by atoms with van der Waals surface area (Å²) in [5, 5.41) is 8.86. The Labute approximate surface area is 91.0 Å². The number of aliphatic hydroxyl groups excluding tert-OH is 1. The van der Waals surface area contributed by atoms with E-state index in [0.717, 1.165) is 11.1 Å². The summed E-state index contributed by atoms with van der Waals surface area (Å²) in [6, 6.07) is 7.49. The molecule has 0 saturated heterocycles. The minimum Gasteiger partial charge on any atom is -0.392 e. The molecule has 0 amide bonds. The molecule has 0 unspecified atom stereocenters. The average molecular weight is 224 g/mol. The summed E-state index contributed by atoms with van der Waals surface area (Å²) in [7, 11) is 0. The SMILES string of the molecule is OCc1ccc(-c2nsc(S)n2)cc1. The molecule has 0 spiro atoms. The standard InChI is InChI=1S/C9H8N2OS2/c12-5-6-1-3-7(4-2-6)8-10-9(13)14-11-8/h1-4,12H,5H2,(H,10,11,13). The van der Waals surface area contributed by atoms with Crippen molar-refractivity contribution in [2.45, 2.75) is 10.9 Å². The highest BCUT2D eigenvalue weighted by atomic mass is 32.2. The highest BCUT2D eigenvalue weighted by molar-refractivity contribution is 7.82. The van der Waals surface area contributed by atoms with Crippen molar-refractivity contribution in [1.29, 1.82) is 0 Å². The van der Waals surface area contributed by atoms with Gasteiger partial charge in [0.1, 0.15) is 0 Å². The quantitative estimate of drug-likeness (QED) is 0.767. The number of aliphatic hydroxyl groups is 1. The van der Waals surface area contributed by atoms with Crippen LogP contribution in [0.4, 0.5) is 0 Å². The third-order valence-electron chi connectivity index (χ3n) is 1.81. The monoisotopic (exact) mass is 224 g/mol. The summed E-state index contributed by atoms with van der Waals surface area (Å²) >= 11 is 5.36. The predicted octanol–water partition coefficient (Wildman–Crippen LogP) is 1.99. The summed E-state index contributed by atoms with van der Waals surface area (Å²) in [5.41, 5.74) is 1.83. The van der Waals surface area contributed by atoms with E-state index >= 15 is 0 Å². The number of rotatable bonds is 2. The number of hydrogen-bond donors (Lipinski definition) is 2. The third-order valence-corrected chi connectivity index (χ3v) is 2.67. The lowest BCUT2D eigenvalue weighted by atomic mass is 10.1. The minimum atomic E-state index is 0.0581. The number of hydrogen-bond acceptors (Lipinski definition) is 5. The smallest absolute Gasteiger partial charge is 0.174 e. The highest BCUT2D eigenvalue weighted by Crippen LogP contribution is 2.20. The Kier molecular flexibility index (Phi) is 2.81. The molecule has 1 heterocycles. The van der Waals surface area contributed by atoms with E-state index in [4.69, 9.17) is 5.11 Å². The van der Waals surface area contributed by atoms with Crippen LogP contribution in [0.15, 0.2) is 28.6 Å². The molecule has 0 radical (unpaired) electrons. The van der Waals surface area contributed by atoms with Crippen LogP contribution in [0.3, 0.4) is 0 Å². The Balaban J connectivity index is 2.33. The number of benzene rings is 1. The van der Waals surface area contributed by atoms with Crippen LogP contribution in [-0.2, 0) is 6.61 Å². The summed E-state index contributed by atoms with van der Waals surface area (Å²) < 4.78 is 4.79. The Bertz CT molecular complexity index is 425. The van der Waals surface area contributed by atoms with Gasteiger partial charge in [0.2, 0.25) is 0 Å². The second-order valence-corrected chi connectivity index (χ2v) is 4.23. The summed E-state index contributed by atoms with van der Waals surface area (Å²) in [6.07, 6.45) is 0. The second kappa shape index (κ2) is 4.08. The summed E-state index contributed by atoms with van der Waals surface area (Å²) in [5.74, 6) is 0.685. The molecule has 1 aromatic carbocycles. The zero-order chi connectivity index (χ0) is 9.97. The maximum atomic E-state index is 8.86. The molecular formula is C9H8N2OS2. The first-order valence-corrected chi connectivity index (χ1v) is 5.24. The van der Waals surface area contributed by atoms with Gasteiger partial charge in [-0.05, 0) is 17.1 Å². The number of thiol groups is 1. The normalized spacial score (nSPS) is 10.4. The lowest BCUT2D eigenvalue weighted by molar-refractivity contribution is 0.282. The van der Waals surface area contributed by atoms with E-state index in [-0.39, 0.29) is 6.61 Å². The van der Waals surface area contributed by atoms with Crippen molar-refractivity contribution in [3.05, 3.63) is 29.8 Å². The number of aromatic nitrogens is 2. The van der Waals surface area contributed by atoms with Gasteiger partial charge in [-0.1, -0.05) is 24.3 Å². The maximum Gasteiger partial charge on any atom is 0.174 e. The largest absolute Gasteiger partial charge is 0.392 e. The molecule has 0 aliphatic carbocycles. The number of nitrogens with zero attached hydrogens (tertiary/aromatic N) is 2. The van der Waals surface area contributed by atoms with Crippen LogP contribution in [0, 0.1) is 0 Å². The van der Waals surface area contributed by atoms with Gasteiger partial charge < -0.3 is 5.11 Å². The van der Waals surface area contributed by atoms with Crippen molar-refractivity contribution in [1.82, 2.24) is 9.36 Å². The summed E-state index contributed by atoms with van der Waals surface area (Å²) in [4.78, 5) is 4.15. The Morgan fingerprint density at radius 1 is 1.29 bits per heavy atom. The van der Waals surface area contributed by atoms with Gasteiger partial charge in [-0.3, -0.25) is 0 Å². The molecule has 0 aliphatic rings. The Morgan fingerprint density at radius 2 is 2.00 bits per heavy atom. The van der Waals surface area contributed by atoms with E-state index < -0.39 is 0 Å². The van der Waals surface area contributed by atoms with Gasteiger partial charge in [0.15, 0.2) is 10.2 Å². The molecule has 2 aromatic rings. The van der Waals surface area contributed by atoms with Crippen LogP contribution in [0.25, 0.3) is 11.4 Å². The van der Waals surface area contributed by atoms with Crippen LogP contribution in [0.2, 0.25) is 0 Å². The van der Waals surface area contributed by atoms with E-state index in [9.17, 15) is 0 Å². The van der Waals surface area contributed by atoms with Gasteiger partial charge >= 0.3 is 0 Å². The van der Waals surface area contributed by atoms with Crippen LogP contribution in [0.1, 0.15) is 5.56 Å². The molecule has 0 atom stereocenters. The van der Waals surface area contributed by atoms with Crippen molar-refractivity contribution >= 4 is 24.2 Å². The van der Waals surface area contributed by atoms with Gasteiger partial charge in [-0.15, -0.1) is 12.6 Å². The van der Waals surface area contributed by atoms with Gasteiger partial charge in [-0.2, -0.15) is 4.37 Å². The van der Waals surface area contributed by atoms with Crippen LogP contribution >= 0.6 is 24.2 Å². The molecule has 0 fully saturated rings. The molecule has 0 aliphatic heterocycles. The molecule has 5 heteroatoms. The maximum absolute atomic E-state index is 8.86. The minimum absolute atomic E-state index is 0.0581. The average Bonchev–Trinajstić information content (AvgIpc) is 2.65. The van der Waals surface area contributed by atoms with Gasteiger partial charge in [-0.25, -0.2) is 4.98 Å². The molecule has 2 rings (SSSR count). The molecule has 3 nitrogen and oxygen atoms in total. The van der Waals surface area contributed by atoms with Crippen LogP contribution in [0.5, 0.6) is 0 Å². The van der Waals surface area contributed by atoms with Crippen molar-refractivity contribution in [3.63, 3.8) is 0 Å². The molecule has 0 saturated carbocycles. The first kappa shape index (κ1) is 9.64. The van der Waals surface area contributed by atoms with Gasteiger partial charge in [0.05, 0.1) is 6.61 Å². The zero-order valence-corrected chi connectivity index (χ0v) is 8.92. The highest BCUT2D eigenvalue weighted by Gasteiger charge is 2.03.